The van der Waals surface area contributed by atoms with Crippen LogP contribution in [-0.2, 0) is 0 Å². The van der Waals surface area contributed by atoms with Crippen molar-refractivity contribution in [2.75, 3.05) is 7.11 Å². The first kappa shape index (κ1) is 13.4. The molecule has 2 aliphatic rings. The lowest BCUT2D eigenvalue weighted by Gasteiger charge is -2.12. The van der Waals surface area contributed by atoms with Gasteiger partial charge in [0.1, 0.15) is 5.75 Å². The molecule has 1 aromatic rings. The van der Waals surface area contributed by atoms with E-state index < -0.39 is 0 Å². The molecule has 2 saturated carbocycles. The molecule has 0 heterocycles. The Balaban J connectivity index is 1.73. The molecule has 2 aliphatic carbocycles. The quantitative estimate of drug-likeness (QED) is 0.870. The van der Waals surface area contributed by atoms with Crippen molar-refractivity contribution >= 4 is 23.2 Å². The number of hydrogen-bond acceptors (Lipinski definition) is 3. The van der Waals surface area contributed by atoms with Crippen LogP contribution in [0.15, 0.2) is 23.3 Å². The number of nitrogens with one attached hydrogen (secondary N) is 1. The predicted molar refractivity (Wildman–Crippen MR) is 78.4 cm³/mol. The summed E-state index contributed by atoms with van der Waals surface area (Å²) < 4.78 is 5.17. The predicted octanol–water partition coefficient (Wildman–Crippen LogP) is 3.25. The van der Waals surface area contributed by atoms with Gasteiger partial charge in [-0.15, -0.1) is 0 Å². The van der Waals surface area contributed by atoms with Crippen LogP contribution in [0.2, 0.25) is 5.02 Å². The molecule has 2 fully saturated rings. The van der Waals surface area contributed by atoms with Gasteiger partial charge in [0.15, 0.2) is 0 Å². The summed E-state index contributed by atoms with van der Waals surface area (Å²) in [6.45, 7) is 0. The molecule has 0 radical (unpaired) electrons. The lowest BCUT2D eigenvalue weighted by atomic mass is 9.99. The number of halogens is 1. The highest BCUT2D eigenvalue weighted by Crippen LogP contribution is 2.42. The number of carbonyl (C=O) groups excluding carboxylic acids is 1. The molecule has 0 aliphatic heterocycles. The Hall–Kier alpha value is -1.55. The van der Waals surface area contributed by atoms with Crippen LogP contribution >= 0.6 is 11.6 Å². The van der Waals surface area contributed by atoms with Crippen LogP contribution in [0.3, 0.4) is 0 Å². The van der Waals surface area contributed by atoms with Crippen molar-refractivity contribution in [2.24, 2.45) is 16.9 Å². The van der Waals surface area contributed by atoms with Crippen molar-refractivity contribution in [1.29, 1.82) is 0 Å². The van der Waals surface area contributed by atoms with E-state index in [1.54, 1.807) is 18.2 Å². The highest BCUT2D eigenvalue weighted by molar-refractivity contribution is 6.31. The van der Waals surface area contributed by atoms with E-state index in [1.807, 2.05) is 0 Å². The largest absolute Gasteiger partial charge is 0.496 e. The lowest BCUT2D eigenvalue weighted by Crippen LogP contribution is -2.22. The number of nitrogens with zero attached hydrogens (tertiary/aromatic N) is 1. The molecular formula is C15H17ClN2O2. The minimum atomic E-state index is -0.278. The summed E-state index contributed by atoms with van der Waals surface area (Å²) in [4.78, 5) is 12.2. The summed E-state index contributed by atoms with van der Waals surface area (Å²) in [6, 6.07) is 4.97. The summed E-state index contributed by atoms with van der Waals surface area (Å²) in [6.07, 6.45) is 4.77. The van der Waals surface area contributed by atoms with Gasteiger partial charge in [0.2, 0.25) is 0 Å². The van der Waals surface area contributed by atoms with Crippen molar-refractivity contribution in [2.45, 2.75) is 25.7 Å². The van der Waals surface area contributed by atoms with Gasteiger partial charge in [-0.3, -0.25) is 4.79 Å². The van der Waals surface area contributed by atoms with Crippen molar-refractivity contribution < 1.29 is 9.53 Å². The molecule has 1 N–H and O–H groups in total. The molecule has 0 aromatic heterocycles. The number of hydrazone groups is 1. The fourth-order valence-electron chi connectivity index (χ4n) is 3.20. The molecule has 20 heavy (non-hydrogen) atoms. The van der Waals surface area contributed by atoms with Crippen molar-refractivity contribution in [3.63, 3.8) is 0 Å². The van der Waals surface area contributed by atoms with Crippen molar-refractivity contribution in [3.8, 4) is 5.75 Å². The molecule has 3 rings (SSSR count). The highest BCUT2D eigenvalue weighted by atomic mass is 35.5. The van der Waals surface area contributed by atoms with Crippen LogP contribution in [0.5, 0.6) is 5.75 Å². The molecule has 106 valence electrons. The van der Waals surface area contributed by atoms with Gasteiger partial charge in [-0.25, -0.2) is 5.43 Å². The lowest BCUT2D eigenvalue weighted by molar-refractivity contribution is 0.0951. The topological polar surface area (TPSA) is 50.7 Å². The molecular weight excluding hydrogens is 276 g/mol. The van der Waals surface area contributed by atoms with Crippen molar-refractivity contribution in [3.05, 3.63) is 28.8 Å². The Morgan fingerprint density at radius 2 is 2.30 bits per heavy atom. The van der Waals surface area contributed by atoms with Gasteiger partial charge in [0, 0.05) is 10.7 Å². The molecule has 5 heteroatoms. The van der Waals surface area contributed by atoms with Gasteiger partial charge in [-0.2, -0.15) is 5.10 Å². The maximum atomic E-state index is 12.2. The van der Waals surface area contributed by atoms with Crippen LogP contribution in [0.25, 0.3) is 0 Å². The Labute approximate surface area is 123 Å². The fourth-order valence-corrected chi connectivity index (χ4v) is 3.37. The second kappa shape index (κ2) is 5.44. The zero-order valence-electron chi connectivity index (χ0n) is 11.4. The van der Waals surface area contributed by atoms with Crippen LogP contribution in [0, 0.1) is 11.8 Å². The summed E-state index contributed by atoms with van der Waals surface area (Å²) in [5, 5.41) is 4.81. The minimum Gasteiger partial charge on any atom is -0.496 e. The monoisotopic (exact) mass is 292 g/mol. The molecule has 4 nitrogen and oxygen atoms in total. The number of ether oxygens (including phenoxy) is 1. The van der Waals surface area contributed by atoms with Gasteiger partial charge in [-0.1, -0.05) is 11.6 Å². The number of carbonyl (C=O) groups is 1. The first-order valence-corrected chi connectivity index (χ1v) is 7.25. The van der Waals surface area contributed by atoms with Crippen LogP contribution < -0.4 is 10.2 Å². The molecule has 1 amide bonds. The second-order valence-electron chi connectivity index (χ2n) is 5.47. The van der Waals surface area contributed by atoms with E-state index in [-0.39, 0.29) is 5.91 Å². The van der Waals surface area contributed by atoms with Gasteiger partial charge < -0.3 is 4.74 Å². The summed E-state index contributed by atoms with van der Waals surface area (Å²) >= 11 is 5.93. The van der Waals surface area contributed by atoms with Crippen LogP contribution in [0.4, 0.5) is 0 Å². The SMILES string of the molecule is COc1ccc(Cl)cc1C(=O)N/N=C1\CC2CCC1C2. The number of methoxy groups -OCH3 is 1. The standard InChI is InChI=1S/C15H17ClN2O2/c1-20-14-5-4-11(16)8-12(14)15(19)18-17-13-7-9-2-3-10(13)6-9/h4-5,8-10H,2-3,6-7H2,1H3,(H,18,19)/b17-13+. The average Bonchev–Trinajstić information content (AvgIpc) is 3.07. The number of benzene rings is 1. The summed E-state index contributed by atoms with van der Waals surface area (Å²) in [5.41, 5.74) is 4.18. The Bertz CT molecular complexity index is 571. The maximum Gasteiger partial charge on any atom is 0.275 e. The average molecular weight is 293 g/mol. The molecule has 2 unspecified atom stereocenters. The number of rotatable bonds is 3. The third kappa shape index (κ3) is 2.52. The molecule has 1 aromatic carbocycles. The molecule has 2 atom stereocenters. The number of fused-ring (bicyclic) bond motifs is 2. The first-order valence-electron chi connectivity index (χ1n) is 6.87. The molecule has 2 bridgehead atoms. The Morgan fingerprint density at radius 1 is 1.45 bits per heavy atom. The van der Waals surface area contributed by atoms with Crippen LogP contribution in [0.1, 0.15) is 36.0 Å². The van der Waals surface area contributed by atoms with E-state index >= 15 is 0 Å². The maximum absolute atomic E-state index is 12.2. The van der Waals surface area contributed by atoms with E-state index in [0.29, 0.717) is 22.3 Å². The van der Waals surface area contributed by atoms with E-state index in [2.05, 4.69) is 10.5 Å². The smallest absolute Gasteiger partial charge is 0.275 e. The normalized spacial score (nSPS) is 26.0. The van der Waals surface area contributed by atoms with E-state index in [4.69, 9.17) is 16.3 Å². The fraction of sp³-hybridized carbons (Fsp3) is 0.467. The Kier molecular flexibility index (Phi) is 3.66. The highest BCUT2D eigenvalue weighted by Gasteiger charge is 2.36. The molecule has 0 spiro atoms. The zero-order valence-corrected chi connectivity index (χ0v) is 12.1. The third-order valence-electron chi connectivity index (χ3n) is 4.22. The van der Waals surface area contributed by atoms with Gasteiger partial charge in [0.25, 0.3) is 5.91 Å². The zero-order chi connectivity index (χ0) is 14.1. The van der Waals surface area contributed by atoms with E-state index in [1.165, 1.54) is 26.4 Å². The number of amides is 1. The van der Waals surface area contributed by atoms with E-state index in [9.17, 15) is 4.79 Å². The minimum absolute atomic E-state index is 0.278. The van der Waals surface area contributed by atoms with Gasteiger partial charge in [-0.05, 0) is 55.7 Å². The van der Waals surface area contributed by atoms with E-state index in [0.717, 1.165) is 18.1 Å². The molecule has 0 saturated heterocycles. The Morgan fingerprint density at radius 3 is 2.95 bits per heavy atom. The third-order valence-corrected chi connectivity index (χ3v) is 4.45. The first-order chi connectivity index (χ1) is 9.67. The summed E-state index contributed by atoms with van der Waals surface area (Å²) in [5.74, 6) is 1.57. The van der Waals surface area contributed by atoms with Gasteiger partial charge >= 0.3 is 0 Å². The summed E-state index contributed by atoms with van der Waals surface area (Å²) in [7, 11) is 1.53. The van der Waals surface area contributed by atoms with Gasteiger partial charge in [0.05, 0.1) is 12.7 Å². The second-order valence-corrected chi connectivity index (χ2v) is 5.91. The number of hydrogen-bond donors (Lipinski definition) is 1. The van der Waals surface area contributed by atoms with Crippen molar-refractivity contribution in [1.82, 2.24) is 5.43 Å². The van der Waals surface area contributed by atoms with Crippen LogP contribution in [-0.4, -0.2) is 18.7 Å².